The van der Waals surface area contributed by atoms with E-state index in [4.69, 9.17) is 0 Å². The molecule has 0 amide bonds. The molecule has 0 spiro atoms. The zero-order valence-electron chi connectivity index (χ0n) is 12.6. The van der Waals surface area contributed by atoms with Crippen LogP contribution in [0.4, 0.5) is 0 Å². The molecule has 2 nitrogen and oxygen atoms in total. The first-order valence-electron chi connectivity index (χ1n) is 6.80. The zero-order valence-corrected chi connectivity index (χ0v) is 13.6. The van der Waals surface area contributed by atoms with Crippen LogP contribution in [-0.2, 0) is 4.79 Å². The first-order valence-corrected chi connectivity index (χ1v) is 10.3. The van der Waals surface area contributed by atoms with Crippen LogP contribution in [0.15, 0.2) is 12.2 Å². The van der Waals surface area contributed by atoms with Gasteiger partial charge in [-0.15, -0.1) is 11.5 Å². The SMILES string of the molecule is CC1(C)C=CC(=O)C(C#N)C1CCC#C[Si](C)(C)C. The Kier molecular flexibility index (Phi) is 4.77. The van der Waals surface area contributed by atoms with E-state index in [1.54, 1.807) is 6.08 Å². The molecule has 0 radical (unpaired) electrons. The van der Waals surface area contributed by atoms with Crippen molar-refractivity contribution in [2.75, 3.05) is 0 Å². The van der Waals surface area contributed by atoms with Crippen molar-refractivity contribution in [3.05, 3.63) is 12.2 Å². The van der Waals surface area contributed by atoms with Gasteiger partial charge in [-0.1, -0.05) is 39.6 Å². The van der Waals surface area contributed by atoms with Gasteiger partial charge in [0.05, 0.1) is 6.07 Å². The molecule has 1 rings (SSSR count). The van der Waals surface area contributed by atoms with Gasteiger partial charge in [-0.25, -0.2) is 0 Å². The van der Waals surface area contributed by atoms with Gasteiger partial charge in [-0.05, 0) is 23.8 Å². The number of allylic oxidation sites excluding steroid dienone is 2. The highest BCUT2D eigenvalue weighted by Gasteiger charge is 2.39. The van der Waals surface area contributed by atoms with E-state index in [9.17, 15) is 10.1 Å². The standard InChI is InChI=1S/C16H23NOSi/c1-16(2)10-9-15(18)13(12-17)14(16)8-6-7-11-19(3,4)5/h9-10,13-14H,6,8H2,1-5H3. The molecule has 1 aliphatic rings. The van der Waals surface area contributed by atoms with Crippen LogP contribution in [0.3, 0.4) is 0 Å². The number of nitrogens with zero attached hydrogens (tertiary/aromatic N) is 1. The summed E-state index contributed by atoms with van der Waals surface area (Å²) in [5, 5.41) is 9.22. The molecule has 0 aromatic carbocycles. The molecule has 3 heteroatoms. The molecular formula is C16H23NOSi. The second-order valence-electron chi connectivity index (χ2n) is 6.86. The number of carbonyl (C=O) groups excluding carboxylic acids is 1. The summed E-state index contributed by atoms with van der Waals surface area (Å²) in [4.78, 5) is 11.8. The summed E-state index contributed by atoms with van der Waals surface area (Å²) in [6.07, 6.45) is 5.11. The third-order valence-corrected chi connectivity index (χ3v) is 4.45. The predicted octanol–water partition coefficient (Wildman–Crippen LogP) is 3.57. The van der Waals surface area contributed by atoms with Crippen molar-refractivity contribution in [2.24, 2.45) is 17.3 Å². The highest BCUT2D eigenvalue weighted by Crippen LogP contribution is 2.40. The first kappa shape index (κ1) is 15.7. The molecule has 1 aliphatic carbocycles. The first-order chi connectivity index (χ1) is 8.67. The Morgan fingerprint density at radius 1 is 1.37 bits per heavy atom. The van der Waals surface area contributed by atoms with Crippen molar-refractivity contribution in [1.29, 1.82) is 5.26 Å². The number of hydrogen-bond acceptors (Lipinski definition) is 2. The van der Waals surface area contributed by atoms with Gasteiger partial charge in [0.1, 0.15) is 14.0 Å². The number of hydrogen-bond donors (Lipinski definition) is 0. The maximum absolute atomic E-state index is 11.8. The van der Waals surface area contributed by atoms with Crippen molar-refractivity contribution in [3.63, 3.8) is 0 Å². The third-order valence-electron chi connectivity index (χ3n) is 3.52. The van der Waals surface area contributed by atoms with E-state index in [0.29, 0.717) is 0 Å². The lowest BCUT2D eigenvalue weighted by Gasteiger charge is -2.36. The third kappa shape index (κ3) is 4.37. The van der Waals surface area contributed by atoms with E-state index in [0.717, 1.165) is 12.8 Å². The molecule has 19 heavy (non-hydrogen) atoms. The zero-order chi connectivity index (χ0) is 14.7. The van der Waals surface area contributed by atoms with Crippen molar-refractivity contribution >= 4 is 13.9 Å². The van der Waals surface area contributed by atoms with Crippen LogP contribution in [0.1, 0.15) is 26.7 Å². The molecule has 0 saturated heterocycles. The van der Waals surface area contributed by atoms with Crippen LogP contribution in [0.25, 0.3) is 0 Å². The van der Waals surface area contributed by atoms with Gasteiger partial charge < -0.3 is 0 Å². The molecule has 2 atom stereocenters. The van der Waals surface area contributed by atoms with Gasteiger partial charge in [-0.2, -0.15) is 5.26 Å². The molecular weight excluding hydrogens is 250 g/mol. The second kappa shape index (κ2) is 5.76. The van der Waals surface area contributed by atoms with Crippen LogP contribution in [0.5, 0.6) is 0 Å². The minimum atomic E-state index is -1.33. The monoisotopic (exact) mass is 273 g/mol. The molecule has 2 unspecified atom stereocenters. The Morgan fingerprint density at radius 2 is 2.00 bits per heavy atom. The maximum Gasteiger partial charge on any atom is 0.172 e. The predicted molar refractivity (Wildman–Crippen MR) is 80.9 cm³/mol. The van der Waals surface area contributed by atoms with E-state index in [2.05, 4.69) is 51.0 Å². The van der Waals surface area contributed by atoms with Crippen molar-refractivity contribution in [3.8, 4) is 17.5 Å². The average Bonchev–Trinajstić information content (AvgIpc) is 2.27. The Labute approximate surface area is 117 Å². The summed E-state index contributed by atoms with van der Waals surface area (Å²) < 4.78 is 0. The second-order valence-corrected chi connectivity index (χ2v) is 11.6. The number of carbonyl (C=O) groups is 1. The molecule has 0 fully saturated rings. The van der Waals surface area contributed by atoms with E-state index in [-0.39, 0.29) is 17.1 Å². The van der Waals surface area contributed by atoms with Gasteiger partial charge in [0, 0.05) is 6.42 Å². The van der Waals surface area contributed by atoms with E-state index >= 15 is 0 Å². The molecule has 0 aromatic rings. The van der Waals surface area contributed by atoms with Crippen molar-refractivity contribution in [2.45, 2.75) is 46.3 Å². The molecule has 0 bridgehead atoms. The fourth-order valence-electron chi connectivity index (χ4n) is 2.40. The Hall–Kier alpha value is -1.32. The average molecular weight is 273 g/mol. The largest absolute Gasteiger partial charge is 0.293 e. The lowest BCUT2D eigenvalue weighted by molar-refractivity contribution is -0.120. The van der Waals surface area contributed by atoms with Crippen LogP contribution >= 0.6 is 0 Å². The van der Waals surface area contributed by atoms with E-state index in [1.807, 2.05) is 6.08 Å². The Morgan fingerprint density at radius 3 is 2.53 bits per heavy atom. The number of ketones is 1. The lowest BCUT2D eigenvalue weighted by Crippen LogP contribution is -2.36. The van der Waals surface area contributed by atoms with Crippen molar-refractivity contribution in [1.82, 2.24) is 0 Å². The van der Waals surface area contributed by atoms with Gasteiger partial charge in [0.2, 0.25) is 0 Å². The number of rotatable bonds is 2. The van der Waals surface area contributed by atoms with Crippen molar-refractivity contribution < 1.29 is 4.79 Å². The Balaban J connectivity index is 2.79. The van der Waals surface area contributed by atoms with Gasteiger partial charge in [-0.3, -0.25) is 4.79 Å². The highest BCUT2D eigenvalue weighted by atomic mass is 28.3. The van der Waals surface area contributed by atoms with Crippen LogP contribution < -0.4 is 0 Å². The lowest BCUT2D eigenvalue weighted by atomic mass is 9.65. The minimum absolute atomic E-state index is 0.0509. The molecule has 0 saturated carbocycles. The van der Waals surface area contributed by atoms with Gasteiger partial charge in [0.15, 0.2) is 5.78 Å². The van der Waals surface area contributed by atoms with Crippen LogP contribution in [0, 0.1) is 40.0 Å². The molecule has 0 heterocycles. The molecule has 0 aliphatic heterocycles. The molecule has 0 aromatic heterocycles. The van der Waals surface area contributed by atoms with E-state index < -0.39 is 14.0 Å². The van der Waals surface area contributed by atoms with Crippen LogP contribution in [-0.4, -0.2) is 13.9 Å². The summed E-state index contributed by atoms with van der Waals surface area (Å²) in [6, 6.07) is 2.18. The number of nitriles is 1. The topological polar surface area (TPSA) is 40.9 Å². The van der Waals surface area contributed by atoms with Gasteiger partial charge >= 0.3 is 0 Å². The molecule has 0 N–H and O–H groups in total. The summed E-state index contributed by atoms with van der Waals surface area (Å²) >= 11 is 0. The fraction of sp³-hybridized carbons (Fsp3) is 0.625. The minimum Gasteiger partial charge on any atom is -0.293 e. The summed E-state index contributed by atoms with van der Waals surface area (Å²) in [7, 11) is -1.33. The van der Waals surface area contributed by atoms with Crippen LogP contribution in [0.2, 0.25) is 19.6 Å². The van der Waals surface area contributed by atoms with Gasteiger partial charge in [0.25, 0.3) is 0 Å². The quantitative estimate of drug-likeness (QED) is 0.570. The summed E-state index contributed by atoms with van der Waals surface area (Å²) in [5.74, 6) is 2.75. The Bertz CT molecular complexity index is 480. The highest BCUT2D eigenvalue weighted by molar-refractivity contribution is 6.83. The summed E-state index contributed by atoms with van der Waals surface area (Å²) in [6.45, 7) is 10.8. The smallest absolute Gasteiger partial charge is 0.172 e. The van der Waals surface area contributed by atoms with E-state index in [1.165, 1.54) is 0 Å². The molecule has 102 valence electrons. The normalized spacial score (nSPS) is 25.4. The summed E-state index contributed by atoms with van der Waals surface area (Å²) in [5.41, 5.74) is 3.23. The maximum atomic E-state index is 11.8. The fourth-order valence-corrected chi connectivity index (χ4v) is 3.05.